The highest BCUT2D eigenvalue weighted by Gasteiger charge is 2.08. The molecule has 0 saturated carbocycles. The summed E-state index contributed by atoms with van der Waals surface area (Å²) in [4.78, 5) is 11.9. The zero-order valence-corrected chi connectivity index (χ0v) is 12.0. The Morgan fingerprint density at radius 3 is 2.65 bits per heavy atom. The van der Waals surface area contributed by atoms with Gasteiger partial charge in [0, 0.05) is 12.3 Å². The maximum atomic E-state index is 11.9. The second-order valence-corrected chi connectivity index (χ2v) is 5.13. The summed E-state index contributed by atoms with van der Waals surface area (Å²) in [6, 6.07) is 14.0. The highest BCUT2D eigenvalue weighted by atomic mass is 16.1. The first-order chi connectivity index (χ1) is 9.70. The summed E-state index contributed by atoms with van der Waals surface area (Å²) in [5.74, 6) is 0. The zero-order valence-electron chi connectivity index (χ0n) is 12.0. The Hall–Kier alpha value is -2.09. The van der Waals surface area contributed by atoms with Crippen LogP contribution < -0.4 is 5.56 Å². The zero-order chi connectivity index (χ0) is 14.4. The van der Waals surface area contributed by atoms with Crippen LogP contribution in [-0.4, -0.2) is 4.57 Å². The fourth-order valence-corrected chi connectivity index (χ4v) is 2.40. The lowest BCUT2D eigenvalue weighted by Crippen LogP contribution is -2.22. The van der Waals surface area contributed by atoms with E-state index in [1.165, 1.54) is 5.56 Å². The van der Waals surface area contributed by atoms with E-state index in [9.17, 15) is 4.79 Å². The maximum Gasteiger partial charge on any atom is 0.251 e. The van der Waals surface area contributed by atoms with Gasteiger partial charge in [-0.3, -0.25) is 4.79 Å². The Morgan fingerprint density at radius 2 is 1.95 bits per heavy atom. The van der Waals surface area contributed by atoms with E-state index in [1.54, 1.807) is 10.6 Å². The van der Waals surface area contributed by atoms with Crippen LogP contribution in [0, 0.1) is 6.92 Å². The molecular weight excluding hydrogens is 246 g/mol. The number of aryl methyl sites for hydroxylation is 2. The molecule has 20 heavy (non-hydrogen) atoms. The Morgan fingerprint density at radius 1 is 1.20 bits per heavy atom. The molecule has 2 aromatic rings. The van der Waals surface area contributed by atoms with Gasteiger partial charge < -0.3 is 4.57 Å². The van der Waals surface area contributed by atoms with Gasteiger partial charge in [-0.25, -0.2) is 0 Å². The van der Waals surface area contributed by atoms with E-state index in [0.717, 1.165) is 24.8 Å². The van der Waals surface area contributed by atoms with Gasteiger partial charge in [0.2, 0.25) is 0 Å². The number of hydrogen-bond donors (Lipinski definition) is 0. The Kier molecular flexibility index (Phi) is 4.94. The first-order valence-corrected chi connectivity index (χ1v) is 7.06. The third-order valence-corrected chi connectivity index (χ3v) is 3.52. The van der Waals surface area contributed by atoms with E-state index < -0.39 is 0 Å². The minimum atomic E-state index is 0.0419. The lowest BCUT2D eigenvalue weighted by atomic mass is 10.0. The van der Waals surface area contributed by atoms with E-state index in [1.807, 2.05) is 31.3 Å². The number of hydrogen-bond acceptors (Lipinski definition) is 1. The van der Waals surface area contributed by atoms with E-state index in [0.29, 0.717) is 0 Å². The predicted octanol–water partition coefficient (Wildman–Crippen LogP) is 3.91. The molecule has 2 heteroatoms. The van der Waals surface area contributed by atoms with E-state index in [-0.39, 0.29) is 11.6 Å². The van der Waals surface area contributed by atoms with Gasteiger partial charge in [0.25, 0.3) is 5.56 Å². The molecule has 0 amide bonds. The molecule has 1 heterocycles. The maximum absolute atomic E-state index is 11.9. The van der Waals surface area contributed by atoms with Crippen LogP contribution in [0.1, 0.15) is 30.0 Å². The highest BCUT2D eigenvalue weighted by molar-refractivity contribution is 5.14. The molecule has 0 radical (unpaired) electrons. The first kappa shape index (κ1) is 14.3. The molecule has 0 aliphatic carbocycles. The van der Waals surface area contributed by atoms with Crippen LogP contribution in [-0.2, 0) is 6.42 Å². The number of aromatic nitrogens is 1. The highest BCUT2D eigenvalue weighted by Crippen LogP contribution is 2.16. The van der Waals surface area contributed by atoms with Crippen LogP contribution in [0.15, 0.2) is 66.1 Å². The molecule has 1 unspecified atom stereocenters. The predicted molar refractivity (Wildman–Crippen MR) is 84.1 cm³/mol. The summed E-state index contributed by atoms with van der Waals surface area (Å²) in [6.07, 6.45) is 6.79. The SMILES string of the molecule is C=CC(CCCc1ccccc1)n1cc(C)ccc1=O. The van der Waals surface area contributed by atoms with Crippen LogP contribution in [0.2, 0.25) is 0 Å². The average molecular weight is 267 g/mol. The largest absolute Gasteiger partial charge is 0.308 e. The topological polar surface area (TPSA) is 22.0 Å². The Labute approximate surface area is 120 Å². The van der Waals surface area contributed by atoms with Crippen molar-refractivity contribution in [2.75, 3.05) is 0 Å². The third kappa shape index (κ3) is 3.70. The van der Waals surface area contributed by atoms with Gasteiger partial charge in [-0.05, 0) is 37.3 Å². The number of rotatable bonds is 6. The fraction of sp³-hybridized carbons (Fsp3) is 0.278. The van der Waals surface area contributed by atoms with Gasteiger partial charge in [-0.2, -0.15) is 0 Å². The second kappa shape index (κ2) is 6.90. The monoisotopic (exact) mass is 267 g/mol. The molecule has 104 valence electrons. The summed E-state index contributed by atoms with van der Waals surface area (Å²) in [5, 5.41) is 0. The van der Waals surface area contributed by atoms with Crippen molar-refractivity contribution in [1.29, 1.82) is 0 Å². The van der Waals surface area contributed by atoms with Crippen molar-refractivity contribution in [1.82, 2.24) is 4.57 Å². The molecule has 2 nitrogen and oxygen atoms in total. The van der Waals surface area contributed by atoms with Crippen molar-refractivity contribution in [2.24, 2.45) is 0 Å². The number of pyridine rings is 1. The first-order valence-electron chi connectivity index (χ1n) is 7.06. The molecule has 1 atom stereocenters. The summed E-state index contributed by atoms with van der Waals surface area (Å²) in [5.41, 5.74) is 2.48. The summed E-state index contributed by atoms with van der Waals surface area (Å²) >= 11 is 0. The second-order valence-electron chi connectivity index (χ2n) is 5.13. The van der Waals surface area contributed by atoms with Crippen molar-refractivity contribution in [2.45, 2.75) is 32.2 Å². The average Bonchev–Trinajstić information content (AvgIpc) is 2.48. The number of nitrogens with zero attached hydrogens (tertiary/aromatic N) is 1. The van der Waals surface area contributed by atoms with Gasteiger partial charge >= 0.3 is 0 Å². The summed E-state index contributed by atoms with van der Waals surface area (Å²) in [7, 11) is 0. The van der Waals surface area contributed by atoms with Crippen LogP contribution in [0.25, 0.3) is 0 Å². The molecule has 0 aliphatic heterocycles. The molecule has 1 aromatic heterocycles. The van der Waals surface area contributed by atoms with Gasteiger partial charge in [0.1, 0.15) is 0 Å². The molecule has 0 spiro atoms. The minimum absolute atomic E-state index is 0.0419. The number of benzene rings is 1. The van der Waals surface area contributed by atoms with E-state index >= 15 is 0 Å². The van der Waals surface area contributed by atoms with Crippen LogP contribution in [0.5, 0.6) is 0 Å². The molecule has 0 bridgehead atoms. The van der Waals surface area contributed by atoms with Gasteiger partial charge in [-0.15, -0.1) is 6.58 Å². The molecule has 0 N–H and O–H groups in total. The van der Waals surface area contributed by atoms with Crippen LogP contribution in [0.3, 0.4) is 0 Å². The molecule has 0 saturated heterocycles. The molecule has 2 rings (SSSR count). The Balaban J connectivity index is 2.01. The van der Waals surface area contributed by atoms with Crippen molar-refractivity contribution in [3.8, 4) is 0 Å². The van der Waals surface area contributed by atoms with E-state index in [2.05, 4.69) is 30.8 Å². The minimum Gasteiger partial charge on any atom is -0.308 e. The number of allylic oxidation sites excluding steroid dienone is 1. The lowest BCUT2D eigenvalue weighted by Gasteiger charge is -2.16. The molecule has 1 aromatic carbocycles. The summed E-state index contributed by atoms with van der Waals surface area (Å²) < 4.78 is 1.79. The smallest absolute Gasteiger partial charge is 0.251 e. The molecule has 0 aliphatic rings. The summed E-state index contributed by atoms with van der Waals surface area (Å²) in [6.45, 7) is 5.87. The van der Waals surface area contributed by atoms with Crippen molar-refractivity contribution < 1.29 is 0 Å². The van der Waals surface area contributed by atoms with E-state index in [4.69, 9.17) is 0 Å². The quantitative estimate of drug-likeness (QED) is 0.727. The lowest BCUT2D eigenvalue weighted by molar-refractivity contribution is 0.520. The molecular formula is C18H21NO. The van der Waals surface area contributed by atoms with Crippen LogP contribution >= 0.6 is 0 Å². The Bertz CT molecular complexity index is 613. The standard InChI is InChI=1S/C18H21NO/c1-3-17(19-14-15(2)12-13-18(19)20)11-7-10-16-8-5-4-6-9-16/h3-6,8-9,12-14,17H,1,7,10-11H2,2H3. The van der Waals surface area contributed by atoms with Crippen molar-refractivity contribution >= 4 is 0 Å². The van der Waals surface area contributed by atoms with Gasteiger partial charge in [0.15, 0.2) is 0 Å². The van der Waals surface area contributed by atoms with Crippen molar-refractivity contribution in [3.63, 3.8) is 0 Å². The third-order valence-electron chi connectivity index (χ3n) is 3.52. The normalized spacial score (nSPS) is 12.1. The van der Waals surface area contributed by atoms with Crippen LogP contribution in [0.4, 0.5) is 0 Å². The van der Waals surface area contributed by atoms with Gasteiger partial charge in [-0.1, -0.05) is 42.5 Å². The van der Waals surface area contributed by atoms with Gasteiger partial charge in [0.05, 0.1) is 6.04 Å². The fourth-order valence-electron chi connectivity index (χ4n) is 2.40. The molecule has 0 fully saturated rings. The van der Waals surface area contributed by atoms with Crippen molar-refractivity contribution in [3.05, 3.63) is 82.8 Å².